The Balaban J connectivity index is 2.22. The van der Waals surface area contributed by atoms with Crippen LogP contribution in [0.3, 0.4) is 0 Å². The maximum Gasteiger partial charge on any atom is 0.169 e. The molecule has 0 unspecified atom stereocenters. The standard InChI is InChI=1S/C15H14N2O3/c1-19-9-7-10(14(18)13(8-9)20-2)15-16-11-5-3-4-6-12(11)17-15/h3-8,18H,1-2H3,(H,16,17). The molecule has 0 bridgehead atoms. The zero-order valence-electron chi connectivity index (χ0n) is 11.2. The molecular weight excluding hydrogens is 256 g/mol. The fourth-order valence-electron chi connectivity index (χ4n) is 2.12. The van der Waals surface area contributed by atoms with E-state index in [9.17, 15) is 5.11 Å². The van der Waals surface area contributed by atoms with Gasteiger partial charge in [0.05, 0.1) is 30.8 Å². The molecule has 5 nitrogen and oxygen atoms in total. The normalized spacial score (nSPS) is 10.7. The third-order valence-electron chi connectivity index (χ3n) is 3.15. The van der Waals surface area contributed by atoms with Crippen molar-refractivity contribution in [1.82, 2.24) is 9.97 Å². The molecule has 2 aromatic carbocycles. The maximum atomic E-state index is 10.2. The number of aromatic hydroxyl groups is 1. The van der Waals surface area contributed by atoms with Crippen molar-refractivity contribution < 1.29 is 14.6 Å². The summed E-state index contributed by atoms with van der Waals surface area (Å²) >= 11 is 0. The van der Waals surface area contributed by atoms with Crippen LogP contribution in [0.4, 0.5) is 0 Å². The Hall–Kier alpha value is -2.69. The number of hydrogen-bond acceptors (Lipinski definition) is 4. The molecule has 0 saturated heterocycles. The number of fused-ring (bicyclic) bond motifs is 1. The number of ether oxygens (including phenoxy) is 2. The fraction of sp³-hybridized carbons (Fsp3) is 0.133. The van der Waals surface area contributed by atoms with Gasteiger partial charge in [0, 0.05) is 6.07 Å². The van der Waals surface area contributed by atoms with E-state index in [4.69, 9.17) is 9.47 Å². The molecule has 0 radical (unpaired) electrons. The molecule has 3 rings (SSSR count). The molecule has 102 valence electrons. The second-order valence-electron chi connectivity index (χ2n) is 4.33. The first-order chi connectivity index (χ1) is 9.72. The molecule has 0 spiro atoms. The van der Waals surface area contributed by atoms with E-state index < -0.39 is 0 Å². The predicted octanol–water partition coefficient (Wildman–Crippen LogP) is 2.95. The molecule has 1 aromatic heterocycles. The smallest absolute Gasteiger partial charge is 0.169 e. The highest BCUT2D eigenvalue weighted by atomic mass is 16.5. The topological polar surface area (TPSA) is 67.4 Å². The van der Waals surface area contributed by atoms with Crippen molar-refractivity contribution >= 4 is 11.0 Å². The Morgan fingerprint density at radius 1 is 1.10 bits per heavy atom. The predicted molar refractivity (Wildman–Crippen MR) is 76.3 cm³/mol. The molecule has 20 heavy (non-hydrogen) atoms. The van der Waals surface area contributed by atoms with E-state index in [-0.39, 0.29) is 5.75 Å². The van der Waals surface area contributed by atoms with Gasteiger partial charge in [-0.25, -0.2) is 4.98 Å². The minimum atomic E-state index is 0.0346. The SMILES string of the molecule is COc1cc(OC)c(O)c(-c2nc3ccccc3[nH]2)c1. The summed E-state index contributed by atoms with van der Waals surface area (Å²) in [6.45, 7) is 0. The van der Waals surface area contributed by atoms with Gasteiger partial charge in [-0.15, -0.1) is 0 Å². The highest BCUT2D eigenvalue weighted by Gasteiger charge is 2.15. The van der Waals surface area contributed by atoms with Crippen LogP contribution in [0.1, 0.15) is 0 Å². The summed E-state index contributed by atoms with van der Waals surface area (Å²) in [5.74, 6) is 1.54. The minimum absolute atomic E-state index is 0.0346. The number of H-pyrrole nitrogens is 1. The number of aromatic amines is 1. The first-order valence-corrected chi connectivity index (χ1v) is 6.13. The van der Waals surface area contributed by atoms with Gasteiger partial charge in [-0.3, -0.25) is 0 Å². The highest BCUT2D eigenvalue weighted by molar-refractivity contribution is 5.81. The Morgan fingerprint density at radius 3 is 2.60 bits per heavy atom. The number of benzene rings is 2. The number of nitrogens with zero attached hydrogens (tertiary/aromatic N) is 1. The van der Waals surface area contributed by atoms with Crippen LogP contribution >= 0.6 is 0 Å². The fourth-order valence-corrected chi connectivity index (χ4v) is 2.12. The lowest BCUT2D eigenvalue weighted by atomic mass is 10.1. The average molecular weight is 270 g/mol. The maximum absolute atomic E-state index is 10.2. The summed E-state index contributed by atoms with van der Waals surface area (Å²) < 4.78 is 10.4. The zero-order chi connectivity index (χ0) is 14.1. The molecule has 0 amide bonds. The Morgan fingerprint density at radius 2 is 1.90 bits per heavy atom. The van der Waals surface area contributed by atoms with Gasteiger partial charge < -0.3 is 19.6 Å². The van der Waals surface area contributed by atoms with E-state index in [1.54, 1.807) is 19.2 Å². The second kappa shape index (κ2) is 4.77. The summed E-state index contributed by atoms with van der Waals surface area (Å²) in [4.78, 5) is 7.64. The lowest BCUT2D eigenvalue weighted by molar-refractivity contribution is 0.365. The molecule has 0 atom stereocenters. The zero-order valence-corrected chi connectivity index (χ0v) is 11.2. The van der Waals surface area contributed by atoms with Gasteiger partial charge >= 0.3 is 0 Å². The van der Waals surface area contributed by atoms with Gasteiger partial charge in [-0.2, -0.15) is 0 Å². The van der Waals surface area contributed by atoms with Crippen molar-refractivity contribution in [3.63, 3.8) is 0 Å². The van der Waals surface area contributed by atoms with Gasteiger partial charge in [0.2, 0.25) is 0 Å². The third kappa shape index (κ3) is 1.93. The molecule has 0 fully saturated rings. The Bertz CT molecular complexity index is 732. The van der Waals surface area contributed by atoms with E-state index in [0.717, 1.165) is 11.0 Å². The first kappa shape index (κ1) is 12.3. The number of para-hydroxylation sites is 2. The lowest BCUT2D eigenvalue weighted by Gasteiger charge is -2.10. The molecule has 0 aliphatic carbocycles. The molecule has 5 heteroatoms. The molecular formula is C15H14N2O3. The van der Waals surface area contributed by atoms with Crippen LogP contribution in [-0.4, -0.2) is 29.3 Å². The number of aromatic nitrogens is 2. The molecule has 0 aliphatic rings. The van der Waals surface area contributed by atoms with Crippen LogP contribution < -0.4 is 9.47 Å². The van der Waals surface area contributed by atoms with E-state index in [2.05, 4.69) is 9.97 Å². The number of rotatable bonds is 3. The van der Waals surface area contributed by atoms with Crippen LogP contribution in [0, 0.1) is 0 Å². The lowest BCUT2D eigenvalue weighted by Crippen LogP contribution is -1.91. The number of methoxy groups -OCH3 is 2. The minimum Gasteiger partial charge on any atom is -0.504 e. The third-order valence-corrected chi connectivity index (χ3v) is 3.15. The van der Waals surface area contributed by atoms with Gasteiger partial charge in [-0.05, 0) is 18.2 Å². The van der Waals surface area contributed by atoms with Crippen LogP contribution in [0.15, 0.2) is 36.4 Å². The van der Waals surface area contributed by atoms with E-state index in [1.165, 1.54) is 7.11 Å². The van der Waals surface area contributed by atoms with Crippen molar-refractivity contribution in [2.24, 2.45) is 0 Å². The van der Waals surface area contributed by atoms with E-state index >= 15 is 0 Å². The quantitative estimate of drug-likeness (QED) is 0.767. The van der Waals surface area contributed by atoms with E-state index in [1.807, 2.05) is 24.3 Å². The van der Waals surface area contributed by atoms with Gasteiger partial charge in [-0.1, -0.05) is 12.1 Å². The largest absolute Gasteiger partial charge is 0.504 e. The number of nitrogens with one attached hydrogen (secondary N) is 1. The van der Waals surface area contributed by atoms with Crippen molar-refractivity contribution in [1.29, 1.82) is 0 Å². The van der Waals surface area contributed by atoms with Crippen LogP contribution in [0.2, 0.25) is 0 Å². The van der Waals surface area contributed by atoms with Crippen molar-refractivity contribution in [3.05, 3.63) is 36.4 Å². The summed E-state index contributed by atoms with van der Waals surface area (Å²) in [5.41, 5.74) is 2.28. The van der Waals surface area contributed by atoms with Crippen LogP contribution in [0.25, 0.3) is 22.4 Å². The van der Waals surface area contributed by atoms with Gasteiger partial charge in [0.25, 0.3) is 0 Å². The first-order valence-electron chi connectivity index (χ1n) is 6.13. The summed E-state index contributed by atoms with van der Waals surface area (Å²) in [6, 6.07) is 11.0. The second-order valence-corrected chi connectivity index (χ2v) is 4.33. The number of phenols is 1. The number of phenolic OH excluding ortho intramolecular Hbond substituents is 1. The Kier molecular flexibility index (Phi) is 2.95. The van der Waals surface area contributed by atoms with Crippen molar-refractivity contribution in [2.75, 3.05) is 14.2 Å². The molecule has 3 aromatic rings. The Labute approximate surface area is 115 Å². The highest BCUT2D eigenvalue weighted by Crippen LogP contribution is 2.40. The van der Waals surface area contributed by atoms with Gasteiger partial charge in [0.15, 0.2) is 11.5 Å². The van der Waals surface area contributed by atoms with Crippen molar-refractivity contribution in [3.8, 4) is 28.6 Å². The average Bonchev–Trinajstić information content (AvgIpc) is 2.91. The summed E-state index contributed by atoms with van der Waals surface area (Å²) in [7, 11) is 3.06. The van der Waals surface area contributed by atoms with Crippen LogP contribution in [-0.2, 0) is 0 Å². The number of imidazole rings is 1. The number of hydrogen-bond donors (Lipinski definition) is 2. The molecule has 1 heterocycles. The van der Waals surface area contributed by atoms with E-state index in [0.29, 0.717) is 22.9 Å². The summed E-state index contributed by atoms with van der Waals surface area (Å²) in [5, 5.41) is 10.2. The van der Waals surface area contributed by atoms with Crippen LogP contribution in [0.5, 0.6) is 17.2 Å². The monoisotopic (exact) mass is 270 g/mol. The molecule has 0 saturated carbocycles. The molecule has 2 N–H and O–H groups in total. The molecule has 0 aliphatic heterocycles. The van der Waals surface area contributed by atoms with Gasteiger partial charge in [0.1, 0.15) is 11.6 Å². The summed E-state index contributed by atoms with van der Waals surface area (Å²) in [6.07, 6.45) is 0. The van der Waals surface area contributed by atoms with Crippen molar-refractivity contribution in [2.45, 2.75) is 0 Å².